The lowest BCUT2D eigenvalue weighted by Gasteiger charge is -2.42. The number of nitrogens with two attached hydrogens (primary N) is 1. The minimum atomic E-state index is -0.417. The van der Waals surface area contributed by atoms with Gasteiger partial charge in [0.1, 0.15) is 5.75 Å². The molecule has 3 N–H and O–H groups in total. The number of piperidine rings is 1. The number of benzene rings is 1. The van der Waals surface area contributed by atoms with Crippen LogP contribution < -0.4 is 20.3 Å². The molecule has 1 aromatic carbocycles. The quantitative estimate of drug-likeness (QED) is 0.803. The van der Waals surface area contributed by atoms with Crippen molar-refractivity contribution in [1.29, 1.82) is 0 Å². The van der Waals surface area contributed by atoms with Crippen molar-refractivity contribution in [3.05, 3.63) is 29.8 Å². The lowest BCUT2D eigenvalue weighted by Crippen LogP contribution is -3.15. The Hall–Kier alpha value is -2.34. The Morgan fingerprint density at radius 1 is 1.36 bits per heavy atom. The van der Waals surface area contributed by atoms with Gasteiger partial charge in [-0.15, -0.1) is 0 Å². The Balaban J connectivity index is 1.86. The average molecular weight is 387 g/mol. The van der Waals surface area contributed by atoms with Gasteiger partial charge in [0, 0.05) is 5.56 Å². The highest BCUT2D eigenvalue weighted by Gasteiger charge is 2.38. The highest BCUT2D eigenvalue weighted by Crippen LogP contribution is 2.40. The number of carbonyl (C=O) groups excluding carboxylic acids is 2. The lowest BCUT2D eigenvalue weighted by atomic mass is 9.88. The molecular formula is C22H32N3O3+. The first kappa shape index (κ1) is 20.4. The van der Waals surface area contributed by atoms with E-state index in [-0.39, 0.29) is 17.7 Å². The van der Waals surface area contributed by atoms with Gasteiger partial charge in [-0.3, -0.25) is 14.5 Å². The SMILES string of the molecule is CCOc1ccc2c(c1)C(C)=CC(C)(C)N2C(=O)C[NH+]1CCC[C@@H](C(N)=O)C1. The molecule has 2 aliphatic heterocycles. The van der Waals surface area contributed by atoms with Gasteiger partial charge in [-0.25, -0.2) is 0 Å². The van der Waals surface area contributed by atoms with Crippen molar-refractivity contribution in [3.8, 4) is 5.75 Å². The van der Waals surface area contributed by atoms with Crippen LogP contribution in [0, 0.1) is 5.92 Å². The van der Waals surface area contributed by atoms with Crippen molar-refractivity contribution < 1.29 is 19.2 Å². The normalized spacial score (nSPS) is 23.6. The van der Waals surface area contributed by atoms with Gasteiger partial charge in [0.15, 0.2) is 6.54 Å². The van der Waals surface area contributed by atoms with Crippen LogP contribution in [0.1, 0.15) is 46.1 Å². The van der Waals surface area contributed by atoms with E-state index in [4.69, 9.17) is 10.5 Å². The van der Waals surface area contributed by atoms with E-state index in [0.29, 0.717) is 19.7 Å². The van der Waals surface area contributed by atoms with E-state index in [1.54, 1.807) is 0 Å². The number of quaternary nitrogens is 1. The number of hydrogen-bond donors (Lipinski definition) is 2. The number of primary amides is 1. The van der Waals surface area contributed by atoms with E-state index in [9.17, 15) is 9.59 Å². The fraction of sp³-hybridized carbons (Fsp3) is 0.545. The first-order valence-corrected chi connectivity index (χ1v) is 10.2. The highest BCUT2D eigenvalue weighted by atomic mass is 16.5. The molecule has 0 spiro atoms. The number of carbonyl (C=O) groups is 2. The van der Waals surface area contributed by atoms with E-state index in [0.717, 1.165) is 46.9 Å². The van der Waals surface area contributed by atoms with Crippen LogP contribution in [0.15, 0.2) is 24.3 Å². The van der Waals surface area contributed by atoms with Crippen LogP contribution in [0.5, 0.6) is 5.75 Å². The van der Waals surface area contributed by atoms with Crippen LogP contribution in [0.4, 0.5) is 5.69 Å². The van der Waals surface area contributed by atoms with Crippen LogP contribution in [-0.4, -0.2) is 43.6 Å². The van der Waals surface area contributed by atoms with Crippen molar-refractivity contribution in [1.82, 2.24) is 0 Å². The molecule has 152 valence electrons. The summed E-state index contributed by atoms with van der Waals surface area (Å²) in [6.07, 6.45) is 3.89. The van der Waals surface area contributed by atoms with Crippen LogP contribution in [0.2, 0.25) is 0 Å². The smallest absolute Gasteiger partial charge is 0.282 e. The monoisotopic (exact) mass is 386 g/mol. The van der Waals surface area contributed by atoms with Crippen molar-refractivity contribution in [2.24, 2.45) is 11.7 Å². The molecule has 0 aliphatic carbocycles. The molecule has 28 heavy (non-hydrogen) atoms. The van der Waals surface area contributed by atoms with E-state index in [1.165, 1.54) is 0 Å². The maximum Gasteiger partial charge on any atom is 0.282 e. The van der Waals surface area contributed by atoms with Gasteiger partial charge in [0.2, 0.25) is 5.91 Å². The molecule has 6 nitrogen and oxygen atoms in total. The molecule has 6 heteroatoms. The number of hydrogen-bond acceptors (Lipinski definition) is 3. The van der Waals surface area contributed by atoms with Crippen LogP contribution >= 0.6 is 0 Å². The standard InChI is InChI=1S/C22H31N3O3/c1-5-28-17-8-9-19-18(11-17)15(2)12-22(3,4)25(19)20(26)14-24-10-6-7-16(13-24)21(23)27/h8-9,11-12,16H,5-7,10,13-14H2,1-4H3,(H2,23,27)/p+1/t16-/m1/s1. The summed E-state index contributed by atoms with van der Waals surface area (Å²) in [5.74, 6) is 0.496. The van der Waals surface area contributed by atoms with E-state index < -0.39 is 5.54 Å². The second-order valence-corrected chi connectivity index (χ2v) is 8.44. The number of nitrogens with zero attached hydrogens (tertiary/aromatic N) is 1. The summed E-state index contributed by atoms with van der Waals surface area (Å²) in [5.41, 5.74) is 8.17. The maximum absolute atomic E-state index is 13.4. The lowest BCUT2D eigenvalue weighted by molar-refractivity contribution is -0.899. The Kier molecular flexibility index (Phi) is 5.79. The fourth-order valence-corrected chi connectivity index (χ4v) is 4.57. The number of ether oxygens (including phenoxy) is 1. The fourth-order valence-electron chi connectivity index (χ4n) is 4.57. The molecule has 0 radical (unpaired) electrons. The molecule has 1 unspecified atom stereocenters. The molecule has 2 atom stereocenters. The van der Waals surface area contributed by atoms with E-state index in [1.807, 2.05) is 30.0 Å². The second kappa shape index (κ2) is 7.95. The van der Waals surface area contributed by atoms with Crippen LogP contribution in [-0.2, 0) is 9.59 Å². The van der Waals surface area contributed by atoms with Gasteiger partial charge < -0.3 is 15.4 Å². The predicted molar refractivity (Wildman–Crippen MR) is 110 cm³/mol. The van der Waals surface area contributed by atoms with Gasteiger partial charge >= 0.3 is 0 Å². The first-order chi connectivity index (χ1) is 13.2. The molecule has 2 heterocycles. The Labute approximate surface area is 167 Å². The third kappa shape index (κ3) is 4.07. The zero-order valence-electron chi connectivity index (χ0n) is 17.4. The summed E-state index contributed by atoms with van der Waals surface area (Å²) in [6, 6.07) is 5.92. The zero-order valence-corrected chi connectivity index (χ0v) is 17.4. The molecule has 0 bridgehead atoms. The summed E-state index contributed by atoms with van der Waals surface area (Å²) < 4.78 is 5.65. The summed E-state index contributed by atoms with van der Waals surface area (Å²) >= 11 is 0. The molecule has 1 fully saturated rings. The topological polar surface area (TPSA) is 77.1 Å². The number of allylic oxidation sites excluding steroid dienone is 1. The number of amides is 2. The number of likely N-dealkylation sites (tertiary alicyclic amines) is 1. The molecule has 3 rings (SSSR count). The van der Waals surface area contributed by atoms with Crippen LogP contribution in [0.25, 0.3) is 5.57 Å². The molecule has 1 saturated heterocycles. The first-order valence-electron chi connectivity index (χ1n) is 10.2. The van der Waals surface area contributed by atoms with Gasteiger partial charge in [-0.05, 0) is 64.3 Å². The summed E-state index contributed by atoms with van der Waals surface area (Å²) in [5, 5.41) is 0. The van der Waals surface area contributed by atoms with E-state index >= 15 is 0 Å². The van der Waals surface area contributed by atoms with Gasteiger partial charge in [-0.2, -0.15) is 0 Å². The molecule has 1 aromatic rings. The molecule has 2 aliphatic rings. The zero-order chi connectivity index (χ0) is 20.5. The number of fused-ring (bicyclic) bond motifs is 1. The second-order valence-electron chi connectivity index (χ2n) is 8.44. The van der Waals surface area contributed by atoms with Crippen molar-refractivity contribution in [2.45, 2.75) is 46.1 Å². The maximum atomic E-state index is 13.4. The number of rotatable bonds is 5. The summed E-state index contributed by atoms with van der Waals surface area (Å²) in [4.78, 5) is 28.0. The number of anilines is 1. The minimum absolute atomic E-state index is 0.0688. The van der Waals surface area contributed by atoms with Crippen molar-refractivity contribution in [3.63, 3.8) is 0 Å². The molecular weight excluding hydrogens is 354 g/mol. The van der Waals surface area contributed by atoms with Crippen molar-refractivity contribution >= 4 is 23.1 Å². The molecule has 2 amide bonds. The third-order valence-electron chi connectivity index (χ3n) is 5.76. The van der Waals surface area contributed by atoms with Gasteiger partial charge in [0.05, 0.1) is 36.8 Å². The van der Waals surface area contributed by atoms with Gasteiger partial charge in [0.25, 0.3) is 5.91 Å². The Bertz CT molecular complexity index is 800. The molecule has 0 saturated carbocycles. The predicted octanol–water partition coefficient (Wildman–Crippen LogP) is 1.39. The molecule has 0 aromatic heterocycles. The van der Waals surface area contributed by atoms with Crippen molar-refractivity contribution in [2.75, 3.05) is 31.1 Å². The summed E-state index contributed by atoms with van der Waals surface area (Å²) in [7, 11) is 0. The Morgan fingerprint density at radius 2 is 2.11 bits per heavy atom. The summed E-state index contributed by atoms with van der Waals surface area (Å²) in [6.45, 7) is 10.7. The number of nitrogens with one attached hydrogen (secondary N) is 1. The average Bonchev–Trinajstić information content (AvgIpc) is 2.62. The largest absolute Gasteiger partial charge is 0.494 e. The van der Waals surface area contributed by atoms with Crippen LogP contribution in [0.3, 0.4) is 0 Å². The highest BCUT2D eigenvalue weighted by molar-refractivity contribution is 6.01. The Morgan fingerprint density at radius 3 is 2.79 bits per heavy atom. The van der Waals surface area contributed by atoms with Gasteiger partial charge in [-0.1, -0.05) is 6.08 Å². The third-order valence-corrected chi connectivity index (χ3v) is 5.76. The van der Waals surface area contributed by atoms with E-state index in [2.05, 4.69) is 26.8 Å². The minimum Gasteiger partial charge on any atom is -0.494 e.